The van der Waals surface area contributed by atoms with Crippen LogP contribution in [0.1, 0.15) is 5.56 Å². The van der Waals surface area contributed by atoms with E-state index in [1.165, 1.54) is 16.7 Å². The molecule has 3 N–H and O–H groups in total. The van der Waals surface area contributed by atoms with Crippen LogP contribution in [0, 0.1) is 0 Å². The minimum Gasteiger partial charge on any atom is -0.329 e. The number of nitrogens with two attached hydrogens (primary N) is 1. The standard InChI is InChI=1S/C15H17ClN2/c16-15-7-5-14(6-8-15)13-3-1-12(2-4-13)11-18-10-9-17/h1-8,18H,9-11,17H2. The van der Waals surface area contributed by atoms with Gasteiger partial charge in [-0.15, -0.1) is 0 Å². The zero-order valence-corrected chi connectivity index (χ0v) is 11.0. The second-order valence-electron chi connectivity index (χ2n) is 4.17. The van der Waals surface area contributed by atoms with Gasteiger partial charge in [0.2, 0.25) is 0 Å². The molecule has 0 radical (unpaired) electrons. The van der Waals surface area contributed by atoms with E-state index in [0.717, 1.165) is 18.1 Å². The van der Waals surface area contributed by atoms with Crippen molar-refractivity contribution in [2.24, 2.45) is 5.73 Å². The Balaban J connectivity index is 2.05. The maximum Gasteiger partial charge on any atom is 0.0406 e. The number of hydrogen-bond donors (Lipinski definition) is 2. The summed E-state index contributed by atoms with van der Waals surface area (Å²) in [5.41, 5.74) is 9.08. The molecule has 3 heteroatoms. The fourth-order valence-corrected chi connectivity index (χ4v) is 1.92. The molecule has 0 bridgehead atoms. The van der Waals surface area contributed by atoms with Gasteiger partial charge in [-0.3, -0.25) is 0 Å². The van der Waals surface area contributed by atoms with Gasteiger partial charge < -0.3 is 11.1 Å². The summed E-state index contributed by atoms with van der Waals surface area (Å²) < 4.78 is 0. The number of halogens is 1. The van der Waals surface area contributed by atoms with Gasteiger partial charge in [0.25, 0.3) is 0 Å². The summed E-state index contributed by atoms with van der Waals surface area (Å²) in [6.45, 7) is 2.37. The van der Waals surface area contributed by atoms with Crippen molar-refractivity contribution < 1.29 is 0 Å². The maximum atomic E-state index is 5.88. The van der Waals surface area contributed by atoms with Crippen molar-refractivity contribution in [3.8, 4) is 11.1 Å². The van der Waals surface area contributed by atoms with Crippen molar-refractivity contribution in [3.63, 3.8) is 0 Å². The van der Waals surface area contributed by atoms with Crippen molar-refractivity contribution in [2.45, 2.75) is 6.54 Å². The highest BCUT2D eigenvalue weighted by atomic mass is 35.5. The summed E-state index contributed by atoms with van der Waals surface area (Å²) in [4.78, 5) is 0. The molecule has 0 aliphatic carbocycles. The number of nitrogens with one attached hydrogen (secondary N) is 1. The lowest BCUT2D eigenvalue weighted by atomic mass is 10.0. The zero-order valence-electron chi connectivity index (χ0n) is 10.2. The molecule has 0 spiro atoms. The Kier molecular flexibility index (Phi) is 4.76. The second-order valence-corrected chi connectivity index (χ2v) is 4.61. The van der Waals surface area contributed by atoms with Gasteiger partial charge in [-0.2, -0.15) is 0 Å². The fourth-order valence-electron chi connectivity index (χ4n) is 1.79. The highest BCUT2D eigenvalue weighted by Crippen LogP contribution is 2.21. The van der Waals surface area contributed by atoms with E-state index in [-0.39, 0.29) is 0 Å². The average Bonchev–Trinajstić information content (AvgIpc) is 2.41. The third-order valence-corrected chi connectivity index (χ3v) is 3.03. The molecular formula is C15H17ClN2. The van der Waals surface area contributed by atoms with Crippen LogP contribution < -0.4 is 11.1 Å². The van der Waals surface area contributed by atoms with Crippen molar-refractivity contribution in [3.05, 3.63) is 59.1 Å². The van der Waals surface area contributed by atoms with Crippen molar-refractivity contribution in [2.75, 3.05) is 13.1 Å². The molecule has 0 aliphatic rings. The summed E-state index contributed by atoms with van der Waals surface area (Å²) in [6, 6.07) is 16.4. The first-order valence-electron chi connectivity index (χ1n) is 6.05. The molecule has 0 heterocycles. The van der Waals surface area contributed by atoms with Crippen LogP contribution in [0.5, 0.6) is 0 Å². The van der Waals surface area contributed by atoms with Gasteiger partial charge in [0.1, 0.15) is 0 Å². The van der Waals surface area contributed by atoms with Gasteiger partial charge in [-0.1, -0.05) is 48.0 Å². The van der Waals surface area contributed by atoms with Crippen LogP contribution in [-0.4, -0.2) is 13.1 Å². The Hall–Kier alpha value is -1.35. The first kappa shape index (κ1) is 13.1. The smallest absolute Gasteiger partial charge is 0.0406 e. The molecule has 0 unspecified atom stereocenters. The van der Waals surface area contributed by atoms with Gasteiger partial charge in [0, 0.05) is 24.7 Å². The Morgan fingerprint density at radius 1 is 0.889 bits per heavy atom. The van der Waals surface area contributed by atoms with E-state index in [1.807, 2.05) is 24.3 Å². The van der Waals surface area contributed by atoms with Gasteiger partial charge in [-0.05, 0) is 28.8 Å². The predicted molar refractivity (Wildman–Crippen MR) is 77.6 cm³/mol. The SMILES string of the molecule is NCCNCc1ccc(-c2ccc(Cl)cc2)cc1. The highest BCUT2D eigenvalue weighted by molar-refractivity contribution is 6.30. The number of hydrogen-bond acceptors (Lipinski definition) is 2. The molecule has 0 atom stereocenters. The van der Waals surface area contributed by atoms with Crippen molar-refractivity contribution in [1.29, 1.82) is 0 Å². The van der Waals surface area contributed by atoms with E-state index in [4.69, 9.17) is 17.3 Å². The summed E-state index contributed by atoms with van der Waals surface area (Å²) >= 11 is 5.88. The molecule has 0 saturated carbocycles. The van der Waals surface area contributed by atoms with E-state index >= 15 is 0 Å². The van der Waals surface area contributed by atoms with Crippen LogP contribution in [0.2, 0.25) is 5.02 Å². The van der Waals surface area contributed by atoms with Crippen molar-refractivity contribution in [1.82, 2.24) is 5.32 Å². The normalized spacial score (nSPS) is 10.6. The third kappa shape index (κ3) is 3.57. The number of rotatable bonds is 5. The second kappa shape index (κ2) is 6.55. The van der Waals surface area contributed by atoms with Gasteiger partial charge >= 0.3 is 0 Å². The van der Waals surface area contributed by atoms with Gasteiger partial charge in [-0.25, -0.2) is 0 Å². The van der Waals surface area contributed by atoms with Crippen LogP contribution in [0.4, 0.5) is 0 Å². The van der Waals surface area contributed by atoms with E-state index in [0.29, 0.717) is 6.54 Å². The Labute approximate surface area is 113 Å². The molecular weight excluding hydrogens is 244 g/mol. The van der Waals surface area contributed by atoms with E-state index < -0.39 is 0 Å². The quantitative estimate of drug-likeness (QED) is 0.811. The topological polar surface area (TPSA) is 38.0 Å². The van der Waals surface area contributed by atoms with Crippen molar-refractivity contribution >= 4 is 11.6 Å². The largest absolute Gasteiger partial charge is 0.329 e. The molecule has 0 aromatic heterocycles. The molecule has 0 saturated heterocycles. The molecule has 0 fully saturated rings. The predicted octanol–water partition coefficient (Wildman–Crippen LogP) is 3.06. The molecule has 0 amide bonds. The molecule has 2 nitrogen and oxygen atoms in total. The van der Waals surface area contributed by atoms with Gasteiger partial charge in [0.15, 0.2) is 0 Å². The number of benzene rings is 2. The lowest BCUT2D eigenvalue weighted by molar-refractivity contribution is 0.695. The third-order valence-electron chi connectivity index (χ3n) is 2.78. The van der Waals surface area contributed by atoms with Crippen LogP contribution in [0.25, 0.3) is 11.1 Å². The van der Waals surface area contributed by atoms with E-state index in [9.17, 15) is 0 Å². The molecule has 0 aliphatic heterocycles. The monoisotopic (exact) mass is 260 g/mol. The molecule has 2 aromatic carbocycles. The minimum atomic E-state index is 0.670. The Bertz CT molecular complexity index is 477. The lowest BCUT2D eigenvalue weighted by Gasteiger charge is -2.06. The highest BCUT2D eigenvalue weighted by Gasteiger charge is 1.98. The first-order valence-corrected chi connectivity index (χ1v) is 6.43. The molecule has 2 aromatic rings. The first-order chi connectivity index (χ1) is 8.79. The average molecular weight is 261 g/mol. The van der Waals surface area contributed by atoms with Crippen LogP contribution in [0.3, 0.4) is 0 Å². The lowest BCUT2D eigenvalue weighted by Crippen LogP contribution is -2.21. The van der Waals surface area contributed by atoms with E-state index in [2.05, 4.69) is 29.6 Å². The Morgan fingerprint density at radius 3 is 2.00 bits per heavy atom. The maximum absolute atomic E-state index is 5.88. The Morgan fingerprint density at radius 2 is 1.44 bits per heavy atom. The molecule has 2 rings (SSSR count). The minimum absolute atomic E-state index is 0.670. The summed E-state index contributed by atoms with van der Waals surface area (Å²) in [7, 11) is 0. The summed E-state index contributed by atoms with van der Waals surface area (Å²) in [5, 5.41) is 4.04. The zero-order chi connectivity index (χ0) is 12.8. The van der Waals surface area contributed by atoms with E-state index in [1.54, 1.807) is 0 Å². The summed E-state index contributed by atoms with van der Waals surface area (Å²) in [6.07, 6.45) is 0. The fraction of sp³-hybridized carbons (Fsp3) is 0.200. The summed E-state index contributed by atoms with van der Waals surface area (Å²) in [5.74, 6) is 0. The molecule has 18 heavy (non-hydrogen) atoms. The van der Waals surface area contributed by atoms with Crippen LogP contribution in [0.15, 0.2) is 48.5 Å². The van der Waals surface area contributed by atoms with Crippen LogP contribution >= 0.6 is 11.6 Å². The molecule has 94 valence electrons. The van der Waals surface area contributed by atoms with Crippen LogP contribution in [-0.2, 0) is 6.54 Å². The van der Waals surface area contributed by atoms with Gasteiger partial charge in [0.05, 0.1) is 0 Å².